The van der Waals surface area contributed by atoms with Crippen molar-refractivity contribution in [3.63, 3.8) is 0 Å². The molecule has 0 heterocycles. The van der Waals surface area contributed by atoms with Gasteiger partial charge in [0.05, 0.1) is 6.61 Å². The summed E-state index contributed by atoms with van der Waals surface area (Å²) in [6.07, 6.45) is 0. The summed E-state index contributed by atoms with van der Waals surface area (Å²) < 4.78 is 26.5. The van der Waals surface area contributed by atoms with Gasteiger partial charge in [0.25, 0.3) is 0 Å². The maximum atomic E-state index is 13.3. The largest absolute Gasteiger partial charge is 0.391 e. The van der Waals surface area contributed by atoms with Crippen molar-refractivity contribution >= 4 is 11.7 Å². The number of nitrogens with one attached hydrogen (secondary N) is 1. The summed E-state index contributed by atoms with van der Waals surface area (Å²) in [5.74, 6) is 8.19. The van der Waals surface area contributed by atoms with Gasteiger partial charge in [-0.05, 0) is 12.1 Å². The van der Waals surface area contributed by atoms with Gasteiger partial charge in [0.15, 0.2) is 0 Å². The van der Waals surface area contributed by atoms with Crippen molar-refractivity contribution in [1.29, 1.82) is 0 Å². The highest BCUT2D eigenvalue weighted by Gasteiger charge is 2.21. The summed E-state index contributed by atoms with van der Waals surface area (Å²) in [7, 11) is 0. The molecule has 0 fully saturated rings. The van der Waals surface area contributed by atoms with Crippen LogP contribution in [0.1, 0.15) is 5.56 Å². The minimum Gasteiger partial charge on any atom is -0.391 e. The van der Waals surface area contributed by atoms with Crippen molar-refractivity contribution in [1.82, 2.24) is 5.43 Å². The van der Waals surface area contributed by atoms with E-state index in [1.54, 1.807) is 5.43 Å². The van der Waals surface area contributed by atoms with Gasteiger partial charge in [0, 0.05) is 5.56 Å². The van der Waals surface area contributed by atoms with Crippen LogP contribution in [0.2, 0.25) is 0 Å². The Morgan fingerprint density at radius 2 is 2.00 bits per heavy atom. The summed E-state index contributed by atoms with van der Waals surface area (Å²) >= 11 is 0. The molecule has 0 atom stereocenters. The Labute approximate surface area is 89.4 Å². The van der Waals surface area contributed by atoms with Crippen LogP contribution in [0.3, 0.4) is 0 Å². The van der Waals surface area contributed by atoms with Crippen LogP contribution >= 0.6 is 0 Å². The van der Waals surface area contributed by atoms with E-state index in [9.17, 15) is 13.6 Å². The van der Waals surface area contributed by atoms with Gasteiger partial charge < -0.3 is 5.11 Å². The molecule has 0 aliphatic heterocycles. The predicted molar refractivity (Wildman–Crippen MR) is 51.7 cm³/mol. The Balaban J connectivity index is 3.30. The molecule has 1 rings (SSSR count). The molecule has 88 valence electrons. The normalized spacial score (nSPS) is 10.1. The van der Waals surface area contributed by atoms with Gasteiger partial charge in [-0.3, -0.25) is 5.43 Å². The van der Waals surface area contributed by atoms with Crippen LogP contribution < -0.4 is 22.1 Å². The van der Waals surface area contributed by atoms with E-state index in [0.717, 1.165) is 12.1 Å². The van der Waals surface area contributed by atoms with Gasteiger partial charge in [-0.15, -0.1) is 0 Å². The number of nitrogens with two attached hydrogens (primary N) is 2. The zero-order valence-corrected chi connectivity index (χ0v) is 8.08. The molecule has 6 nitrogen and oxygen atoms in total. The fourth-order valence-electron chi connectivity index (χ4n) is 1.17. The van der Waals surface area contributed by atoms with E-state index in [4.69, 9.17) is 16.8 Å². The summed E-state index contributed by atoms with van der Waals surface area (Å²) in [6.45, 7) is -0.801. The zero-order valence-electron chi connectivity index (χ0n) is 8.08. The number of carbonyl (C=O) groups excluding carboxylic acids is 1. The van der Waals surface area contributed by atoms with Crippen LogP contribution in [0.4, 0.5) is 19.3 Å². The Morgan fingerprint density at radius 1 is 1.44 bits per heavy atom. The molecule has 1 aromatic rings. The Bertz CT molecular complexity index is 413. The molecule has 0 spiro atoms. The minimum absolute atomic E-state index is 0.282. The first-order valence-electron chi connectivity index (χ1n) is 4.16. The molecule has 0 aromatic heterocycles. The topological polar surface area (TPSA) is 105 Å². The number of benzene rings is 1. The molecule has 8 heteroatoms. The molecule has 16 heavy (non-hydrogen) atoms. The van der Waals surface area contributed by atoms with Crippen LogP contribution in [-0.4, -0.2) is 11.1 Å². The number of halogens is 2. The zero-order chi connectivity index (χ0) is 12.3. The molecular formula is C8H10F2N4O2. The average molecular weight is 232 g/mol. The molecule has 0 bridgehead atoms. The Hall–Kier alpha value is -1.77. The number of hydrogen-bond acceptors (Lipinski definition) is 4. The monoisotopic (exact) mass is 232 g/mol. The molecule has 2 amide bonds. The van der Waals surface area contributed by atoms with Gasteiger partial charge in [-0.2, -0.15) is 0 Å². The Kier molecular flexibility index (Phi) is 3.72. The number of aliphatic hydroxyl groups excluding tert-OH is 1. The lowest BCUT2D eigenvalue weighted by Gasteiger charge is -2.19. The standard InChI is InChI=1S/C8H10F2N4O2/c9-5-1-2-6(10)7(4(5)3-15)14(12)8(16)13-11/h1-2,15H,3,11-12H2,(H,13,16). The Morgan fingerprint density at radius 3 is 2.50 bits per heavy atom. The second-order valence-corrected chi connectivity index (χ2v) is 2.83. The van der Waals surface area contributed by atoms with E-state index in [1.807, 2.05) is 0 Å². The highest BCUT2D eigenvalue weighted by molar-refractivity contribution is 5.91. The van der Waals surface area contributed by atoms with Gasteiger partial charge >= 0.3 is 6.03 Å². The number of hydrazine groups is 2. The number of carbonyl (C=O) groups is 1. The van der Waals surface area contributed by atoms with Crippen LogP contribution in [0, 0.1) is 11.6 Å². The van der Waals surface area contributed by atoms with E-state index < -0.39 is 35.5 Å². The molecule has 0 radical (unpaired) electrons. The third-order valence-electron chi connectivity index (χ3n) is 1.92. The van der Waals surface area contributed by atoms with Crippen LogP contribution in [0.5, 0.6) is 0 Å². The van der Waals surface area contributed by atoms with Crippen LogP contribution in [0.15, 0.2) is 12.1 Å². The third kappa shape index (κ3) is 2.08. The molecule has 1 aromatic carbocycles. The van der Waals surface area contributed by atoms with E-state index in [-0.39, 0.29) is 5.01 Å². The molecular weight excluding hydrogens is 222 g/mol. The van der Waals surface area contributed by atoms with Crippen molar-refractivity contribution in [2.24, 2.45) is 11.7 Å². The van der Waals surface area contributed by atoms with Gasteiger partial charge in [0.2, 0.25) is 0 Å². The van der Waals surface area contributed by atoms with Gasteiger partial charge in [0.1, 0.15) is 17.3 Å². The number of anilines is 1. The molecule has 6 N–H and O–H groups in total. The smallest absolute Gasteiger partial charge is 0.350 e. The number of amides is 2. The fourth-order valence-corrected chi connectivity index (χ4v) is 1.17. The van der Waals surface area contributed by atoms with E-state index in [0.29, 0.717) is 0 Å². The van der Waals surface area contributed by atoms with Crippen molar-refractivity contribution in [3.8, 4) is 0 Å². The van der Waals surface area contributed by atoms with Gasteiger partial charge in [-0.25, -0.2) is 30.3 Å². The lowest BCUT2D eigenvalue weighted by atomic mass is 10.1. The average Bonchev–Trinajstić information content (AvgIpc) is 2.29. The molecule has 0 saturated carbocycles. The van der Waals surface area contributed by atoms with E-state index in [1.165, 1.54) is 0 Å². The number of rotatable bonds is 2. The highest BCUT2D eigenvalue weighted by Crippen LogP contribution is 2.25. The van der Waals surface area contributed by atoms with Gasteiger partial charge in [-0.1, -0.05) is 0 Å². The summed E-state index contributed by atoms with van der Waals surface area (Å²) in [5, 5.41) is 9.16. The fraction of sp³-hybridized carbons (Fsp3) is 0.125. The first kappa shape index (κ1) is 12.3. The SMILES string of the molecule is NNC(=O)N(N)c1c(F)ccc(F)c1CO. The summed E-state index contributed by atoms with van der Waals surface area (Å²) in [6, 6.07) is 0.561. The first-order valence-corrected chi connectivity index (χ1v) is 4.16. The number of urea groups is 1. The number of nitrogens with zero attached hydrogens (tertiary/aromatic N) is 1. The molecule has 0 unspecified atom stereocenters. The second kappa shape index (κ2) is 4.84. The maximum Gasteiger partial charge on any atom is 0.350 e. The van der Waals surface area contributed by atoms with E-state index >= 15 is 0 Å². The molecule has 0 aliphatic rings. The third-order valence-corrected chi connectivity index (χ3v) is 1.92. The van der Waals surface area contributed by atoms with Crippen molar-refractivity contribution < 1.29 is 18.7 Å². The van der Waals surface area contributed by atoms with E-state index in [2.05, 4.69) is 0 Å². The number of hydrogen-bond donors (Lipinski definition) is 4. The summed E-state index contributed by atoms with van der Waals surface area (Å²) in [5.41, 5.74) is 0.663. The molecule has 0 aliphatic carbocycles. The lowest BCUT2D eigenvalue weighted by Crippen LogP contribution is -2.48. The predicted octanol–water partition coefficient (Wildman–Crippen LogP) is -0.280. The van der Waals surface area contributed by atoms with Crippen LogP contribution in [0.25, 0.3) is 0 Å². The first-order chi connectivity index (χ1) is 7.52. The van der Waals surface area contributed by atoms with Crippen LogP contribution in [-0.2, 0) is 6.61 Å². The second-order valence-electron chi connectivity index (χ2n) is 2.83. The minimum atomic E-state index is -1.04. The quantitative estimate of drug-likeness (QED) is 0.320. The number of aliphatic hydroxyl groups is 1. The highest BCUT2D eigenvalue weighted by atomic mass is 19.1. The van der Waals surface area contributed by atoms with Crippen molar-refractivity contribution in [3.05, 3.63) is 29.3 Å². The summed E-state index contributed by atoms with van der Waals surface area (Å²) in [4.78, 5) is 11.0. The maximum absolute atomic E-state index is 13.3. The molecule has 0 saturated heterocycles. The van der Waals surface area contributed by atoms with Crippen molar-refractivity contribution in [2.75, 3.05) is 5.01 Å². The lowest BCUT2D eigenvalue weighted by molar-refractivity contribution is 0.246. The van der Waals surface area contributed by atoms with Crippen molar-refractivity contribution in [2.45, 2.75) is 6.61 Å².